The van der Waals surface area contributed by atoms with E-state index in [9.17, 15) is 18.0 Å². The Bertz CT molecular complexity index is 1100. The van der Waals surface area contributed by atoms with Crippen LogP contribution in [0.3, 0.4) is 0 Å². The Labute approximate surface area is 194 Å². The van der Waals surface area contributed by atoms with Gasteiger partial charge in [0.2, 0.25) is 5.91 Å². The van der Waals surface area contributed by atoms with Gasteiger partial charge in [-0.3, -0.25) is 14.6 Å². The average Bonchev–Trinajstić information content (AvgIpc) is 3.11. The van der Waals surface area contributed by atoms with E-state index in [4.69, 9.17) is 5.73 Å². The molecule has 2 N–H and O–H groups in total. The molecule has 0 bridgehead atoms. The zero-order valence-corrected chi connectivity index (χ0v) is 19.5. The lowest BCUT2D eigenvalue weighted by molar-refractivity contribution is -0.138. The molecule has 0 aliphatic carbocycles. The van der Waals surface area contributed by atoms with Gasteiger partial charge in [0, 0.05) is 25.0 Å². The van der Waals surface area contributed by atoms with Gasteiger partial charge in [0.1, 0.15) is 0 Å². The van der Waals surface area contributed by atoms with Crippen molar-refractivity contribution in [3.8, 4) is 0 Å². The number of amides is 2. The fraction of sp³-hybridized carbons (Fsp3) is 0.458. The molecule has 0 radical (unpaired) electrons. The van der Waals surface area contributed by atoms with Gasteiger partial charge in [0.05, 0.1) is 10.3 Å². The predicted molar refractivity (Wildman–Crippen MR) is 124 cm³/mol. The molecule has 2 aliphatic heterocycles. The summed E-state index contributed by atoms with van der Waals surface area (Å²) in [6.45, 7) is 4.03. The van der Waals surface area contributed by atoms with Crippen LogP contribution in [0.2, 0.25) is 0 Å². The number of hydrogen-bond acceptors (Lipinski definition) is 6. The molecule has 3 heterocycles. The topological polar surface area (TPSA) is 114 Å². The first-order valence-corrected chi connectivity index (χ1v) is 12.8. The number of piperidine rings is 1. The largest absolute Gasteiger partial charge is 0.356 e. The highest BCUT2D eigenvalue weighted by atomic mass is 32.2. The maximum absolute atomic E-state index is 13.2. The minimum absolute atomic E-state index is 0.126. The number of aryl methyl sites for hydroxylation is 1. The fourth-order valence-corrected chi connectivity index (χ4v) is 5.58. The van der Waals surface area contributed by atoms with Crippen molar-refractivity contribution in [2.75, 3.05) is 26.2 Å². The van der Waals surface area contributed by atoms with Crippen LogP contribution < -0.4 is 5.73 Å². The molecular formula is C24H30N4O4S. The fourth-order valence-electron chi connectivity index (χ4n) is 4.85. The number of pyridine rings is 1. The van der Waals surface area contributed by atoms with E-state index in [2.05, 4.69) is 16.0 Å². The highest BCUT2D eigenvalue weighted by molar-refractivity contribution is 8.06. The molecule has 4 rings (SSSR count). The first-order chi connectivity index (χ1) is 15.8. The zero-order valence-electron chi connectivity index (χ0n) is 18.7. The predicted octanol–water partition coefficient (Wildman–Crippen LogP) is 2.38. The minimum atomic E-state index is -4.13. The van der Waals surface area contributed by atoms with E-state index in [1.54, 1.807) is 12.1 Å². The molecule has 0 atom stereocenters. The highest BCUT2D eigenvalue weighted by Crippen LogP contribution is 2.42. The van der Waals surface area contributed by atoms with E-state index in [0.29, 0.717) is 13.1 Å². The van der Waals surface area contributed by atoms with Gasteiger partial charge in [-0.1, -0.05) is 18.2 Å². The summed E-state index contributed by atoms with van der Waals surface area (Å²) >= 11 is 0. The number of carbonyl (C=O) groups excluding carboxylic acids is 2. The van der Waals surface area contributed by atoms with Gasteiger partial charge < -0.3 is 15.5 Å². The number of aromatic nitrogens is 1. The molecule has 2 saturated heterocycles. The second-order valence-electron chi connectivity index (χ2n) is 8.99. The van der Waals surface area contributed by atoms with Crippen LogP contribution in [0.15, 0.2) is 53.6 Å². The summed E-state index contributed by atoms with van der Waals surface area (Å²) in [5.41, 5.74) is 6.62. The average molecular weight is 471 g/mol. The molecule has 2 aromatic rings. The maximum Gasteiger partial charge on any atom is 0.338 e. The molecule has 2 amide bonds. The Balaban J connectivity index is 1.28. The van der Waals surface area contributed by atoms with E-state index >= 15 is 0 Å². The van der Waals surface area contributed by atoms with Crippen molar-refractivity contribution in [2.24, 2.45) is 11.1 Å². The molecule has 8 nitrogen and oxygen atoms in total. The second-order valence-corrected chi connectivity index (χ2v) is 10.9. The van der Waals surface area contributed by atoms with Gasteiger partial charge in [-0.2, -0.15) is 0 Å². The van der Waals surface area contributed by atoms with Gasteiger partial charge in [-0.05, 0) is 81.6 Å². The summed E-state index contributed by atoms with van der Waals surface area (Å²) in [4.78, 5) is 32.9. The number of rotatable bonds is 7. The monoisotopic (exact) mass is 470 g/mol. The summed E-state index contributed by atoms with van der Waals surface area (Å²) in [6.07, 6.45) is 6.47. The molecule has 0 unspecified atom stereocenters. The molecule has 33 heavy (non-hydrogen) atoms. The second kappa shape index (κ2) is 9.61. The van der Waals surface area contributed by atoms with Crippen LogP contribution in [0.5, 0.6) is 0 Å². The Morgan fingerprint density at radius 1 is 1.03 bits per heavy atom. The quantitative estimate of drug-likeness (QED) is 0.665. The number of hydrogen-bond donors (Lipinski definition) is 1. The van der Waals surface area contributed by atoms with Crippen molar-refractivity contribution in [1.29, 1.82) is 0 Å². The summed E-state index contributed by atoms with van der Waals surface area (Å²) in [7, 11) is -4.13. The van der Waals surface area contributed by atoms with Crippen molar-refractivity contribution >= 4 is 21.0 Å². The van der Waals surface area contributed by atoms with Crippen molar-refractivity contribution in [1.82, 2.24) is 14.8 Å². The van der Waals surface area contributed by atoms with E-state index in [1.165, 1.54) is 12.1 Å². The number of sulfone groups is 1. The first-order valence-electron chi connectivity index (χ1n) is 11.4. The third-order valence-corrected chi connectivity index (χ3v) is 8.34. The van der Waals surface area contributed by atoms with Crippen LogP contribution in [0.1, 0.15) is 36.9 Å². The lowest BCUT2D eigenvalue weighted by Gasteiger charge is -2.38. The van der Waals surface area contributed by atoms with Crippen LogP contribution in [0, 0.1) is 5.41 Å². The molecule has 176 valence electrons. The van der Waals surface area contributed by atoms with Crippen LogP contribution >= 0.6 is 0 Å². The third kappa shape index (κ3) is 5.09. The summed E-state index contributed by atoms with van der Waals surface area (Å²) in [5.74, 6) is 0.199. The van der Waals surface area contributed by atoms with E-state index in [0.717, 1.165) is 63.0 Å². The van der Waals surface area contributed by atoms with E-state index in [-0.39, 0.29) is 16.2 Å². The minimum Gasteiger partial charge on any atom is -0.356 e. The number of nitrogens with zero attached hydrogens (tertiary/aromatic N) is 3. The SMILES string of the molecule is NC(=O)S(=O)(=O)c1ccc(CN2CCC3(CCN(CCCc4ccccn4)CC3)C2=O)cc1. The maximum atomic E-state index is 13.2. The normalized spacial score (nSPS) is 18.7. The number of primary amides is 1. The van der Waals surface area contributed by atoms with Crippen molar-refractivity contribution in [3.05, 3.63) is 59.9 Å². The van der Waals surface area contributed by atoms with Gasteiger partial charge in [-0.15, -0.1) is 0 Å². The molecular weight excluding hydrogens is 440 g/mol. The summed E-state index contributed by atoms with van der Waals surface area (Å²) < 4.78 is 23.7. The summed E-state index contributed by atoms with van der Waals surface area (Å²) in [6, 6.07) is 12.0. The van der Waals surface area contributed by atoms with Crippen LogP contribution in [-0.4, -0.2) is 60.5 Å². The molecule has 1 spiro atoms. The smallest absolute Gasteiger partial charge is 0.338 e. The molecule has 9 heteroatoms. The lowest BCUT2D eigenvalue weighted by atomic mass is 9.77. The van der Waals surface area contributed by atoms with E-state index < -0.39 is 15.1 Å². The number of carbonyl (C=O) groups is 2. The Morgan fingerprint density at radius 3 is 2.36 bits per heavy atom. The Morgan fingerprint density at radius 2 is 1.73 bits per heavy atom. The number of benzene rings is 1. The first kappa shape index (κ1) is 23.4. The Hall–Kier alpha value is -2.78. The van der Waals surface area contributed by atoms with Crippen molar-refractivity contribution < 1.29 is 18.0 Å². The molecule has 0 saturated carbocycles. The molecule has 1 aromatic heterocycles. The van der Waals surface area contributed by atoms with Crippen LogP contribution in [0.25, 0.3) is 0 Å². The van der Waals surface area contributed by atoms with E-state index in [1.807, 2.05) is 23.2 Å². The summed E-state index contributed by atoms with van der Waals surface area (Å²) in [5, 5.41) is -1.37. The molecule has 2 fully saturated rings. The van der Waals surface area contributed by atoms with Crippen LogP contribution in [0.4, 0.5) is 4.79 Å². The standard InChI is InChI=1S/C24H30N4O4S/c25-23(30)33(31,32)21-8-6-19(7-9-21)18-28-17-12-24(22(28)29)10-15-27(16-11-24)14-3-5-20-4-1-2-13-26-20/h1-2,4,6-9,13H,3,5,10-12,14-18H2,(H2,25,30). The molecule has 2 aliphatic rings. The van der Waals surface area contributed by atoms with Gasteiger partial charge in [-0.25, -0.2) is 8.42 Å². The zero-order chi connectivity index (χ0) is 23.5. The number of likely N-dealkylation sites (tertiary alicyclic amines) is 2. The highest BCUT2D eigenvalue weighted by Gasteiger charge is 2.47. The van der Waals surface area contributed by atoms with Gasteiger partial charge >= 0.3 is 5.24 Å². The lowest BCUT2D eigenvalue weighted by Crippen LogP contribution is -2.44. The Kier molecular flexibility index (Phi) is 6.81. The van der Waals surface area contributed by atoms with Gasteiger partial charge in [0.15, 0.2) is 0 Å². The van der Waals surface area contributed by atoms with Crippen LogP contribution in [-0.2, 0) is 27.6 Å². The number of nitrogens with two attached hydrogens (primary N) is 1. The van der Waals surface area contributed by atoms with Gasteiger partial charge in [0.25, 0.3) is 9.84 Å². The van der Waals surface area contributed by atoms with Crippen molar-refractivity contribution in [3.63, 3.8) is 0 Å². The molecule has 1 aromatic carbocycles. The third-order valence-electron chi connectivity index (χ3n) is 6.92. The van der Waals surface area contributed by atoms with Crippen molar-refractivity contribution in [2.45, 2.75) is 43.5 Å².